The summed E-state index contributed by atoms with van der Waals surface area (Å²) < 4.78 is 0. The van der Waals surface area contributed by atoms with E-state index in [2.05, 4.69) is 0 Å². The average Bonchev–Trinajstić information content (AvgIpc) is 2.17. The van der Waals surface area contributed by atoms with Gasteiger partial charge in [-0.25, -0.2) is 4.79 Å². The van der Waals surface area contributed by atoms with Crippen molar-refractivity contribution in [1.82, 2.24) is 0 Å². The maximum absolute atomic E-state index is 10.4. The fourth-order valence-corrected chi connectivity index (χ4v) is 1.53. The molecule has 0 saturated carbocycles. The van der Waals surface area contributed by atoms with Crippen LogP contribution in [0.3, 0.4) is 0 Å². The van der Waals surface area contributed by atoms with Crippen molar-refractivity contribution in [3.05, 3.63) is 45.9 Å². The number of carboxylic acids is 1. The maximum atomic E-state index is 10.4. The van der Waals surface area contributed by atoms with Crippen LogP contribution in [0.1, 0.15) is 0 Å². The number of non-ortho nitro benzene ring substituents is 1. The van der Waals surface area contributed by atoms with Crippen LogP contribution in [0.2, 0.25) is 0 Å². The summed E-state index contributed by atoms with van der Waals surface area (Å²) in [6, 6.07) is 5.99. The monoisotopic (exact) mass is 225 g/mol. The first kappa shape index (κ1) is 11.3. The lowest BCUT2D eigenvalue weighted by Crippen LogP contribution is -1.87. The number of nitro groups is 1. The fourth-order valence-electron chi connectivity index (χ4n) is 0.841. The van der Waals surface area contributed by atoms with Crippen molar-refractivity contribution in [2.24, 2.45) is 0 Å². The van der Waals surface area contributed by atoms with Gasteiger partial charge in [0.15, 0.2) is 0 Å². The Hall–Kier alpha value is -1.82. The lowest BCUT2D eigenvalue weighted by Gasteiger charge is -1.95. The molecule has 0 aliphatic carbocycles. The van der Waals surface area contributed by atoms with E-state index in [1.165, 1.54) is 17.5 Å². The van der Waals surface area contributed by atoms with E-state index in [0.29, 0.717) is 4.90 Å². The average molecular weight is 225 g/mol. The smallest absolute Gasteiger partial charge is 0.328 e. The molecule has 0 aliphatic heterocycles. The summed E-state index contributed by atoms with van der Waals surface area (Å²) in [7, 11) is 0. The van der Waals surface area contributed by atoms with Gasteiger partial charge in [-0.05, 0) is 11.5 Å². The molecule has 0 fully saturated rings. The highest BCUT2D eigenvalue weighted by Gasteiger charge is 2.04. The largest absolute Gasteiger partial charge is 0.478 e. The molecular formula is C9H7NO4S. The third-order valence-electron chi connectivity index (χ3n) is 1.44. The Morgan fingerprint density at radius 2 is 2.27 bits per heavy atom. The van der Waals surface area contributed by atoms with Gasteiger partial charge in [-0.1, -0.05) is 17.8 Å². The summed E-state index contributed by atoms with van der Waals surface area (Å²) in [6.07, 6.45) is 0.976. The number of carboxylic acid groups (broad SMARTS) is 1. The van der Waals surface area contributed by atoms with Gasteiger partial charge in [-0.2, -0.15) is 0 Å². The van der Waals surface area contributed by atoms with Gasteiger partial charge in [0.1, 0.15) is 0 Å². The van der Waals surface area contributed by atoms with Crippen LogP contribution >= 0.6 is 11.8 Å². The quantitative estimate of drug-likeness (QED) is 0.368. The molecule has 1 aromatic rings. The van der Waals surface area contributed by atoms with Crippen molar-refractivity contribution in [2.75, 3.05) is 0 Å². The van der Waals surface area contributed by atoms with E-state index in [1.807, 2.05) is 0 Å². The Balaban J connectivity index is 2.74. The van der Waals surface area contributed by atoms with Gasteiger partial charge in [0.05, 0.1) is 4.92 Å². The van der Waals surface area contributed by atoms with Crippen molar-refractivity contribution < 1.29 is 14.8 Å². The Morgan fingerprint density at radius 1 is 1.53 bits per heavy atom. The summed E-state index contributed by atoms with van der Waals surface area (Å²) in [4.78, 5) is 20.7. The summed E-state index contributed by atoms with van der Waals surface area (Å²) in [6.45, 7) is 0. The molecule has 0 spiro atoms. The minimum atomic E-state index is -1.05. The van der Waals surface area contributed by atoms with Crippen molar-refractivity contribution in [1.29, 1.82) is 0 Å². The van der Waals surface area contributed by atoms with Crippen LogP contribution in [0.5, 0.6) is 0 Å². The second-order valence-electron chi connectivity index (χ2n) is 2.51. The minimum Gasteiger partial charge on any atom is -0.478 e. The van der Waals surface area contributed by atoms with Crippen LogP contribution in [0.4, 0.5) is 5.69 Å². The van der Waals surface area contributed by atoms with Crippen molar-refractivity contribution in [3.63, 3.8) is 0 Å². The van der Waals surface area contributed by atoms with Crippen LogP contribution in [0.25, 0.3) is 0 Å². The molecule has 0 amide bonds. The zero-order valence-electron chi connectivity index (χ0n) is 7.49. The predicted molar refractivity (Wildman–Crippen MR) is 55.7 cm³/mol. The standard InChI is InChI=1S/C9H7NO4S/c11-9(12)4-5-15-8-3-1-2-7(6-8)10(13)14/h1-6H,(H,11,12)/b5-4-. The second kappa shape index (κ2) is 5.16. The number of benzene rings is 1. The van der Waals surface area contributed by atoms with Crippen molar-refractivity contribution >= 4 is 23.4 Å². The summed E-state index contributed by atoms with van der Waals surface area (Å²) >= 11 is 1.11. The third kappa shape index (κ3) is 3.82. The molecule has 15 heavy (non-hydrogen) atoms. The lowest BCUT2D eigenvalue weighted by molar-refractivity contribution is -0.385. The van der Waals surface area contributed by atoms with Gasteiger partial charge in [0.2, 0.25) is 0 Å². The third-order valence-corrected chi connectivity index (χ3v) is 2.24. The zero-order valence-corrected chi connectivity index (χ0v) is 8.31. The first-order valence-electron chi connectivity index (χ1n) is 3.90. The minimum absolute atomic E-state index is 0.0104. The number of rotatable bonds is 4. The number of thioether (sulfide) groups is 1. The van der Waals surface area contributed by atoms with Crippen LogP contribution in [-0.2, 0) is 4.79 Å². The number of hydrogen-bond acceptors (Lipinski definition) is 4. The number of nitrogens with zero attached hydrogens (tertiary/aromatic N) is 1. The van der Waals surface area contributed by atoms with E-state index in [-0.39, 0.29) is 5.69 Å². The van der Waals surface area contributed by atoms with Crippen LogP contribution in [0, 0.1) is 10.1 Å². The SMILES string of the molecule is O=C(O)/C=C\Sc1cccc([N+](=O)[O-])c1. The van der Waals surface area contributed by atoms with Crippen LogP contribution < -0.4 is 0 Å². The van der Waals surface area contributed by atoms with Crippen molar-refractivity contribution in [3.8, 4) is 0 Å². The molecule has 0 atom stereocenters. The predicted octanol–water partition coefficient (Wildman–Crippen LogP) is 2.29. The summed E-state index contributed by atoms with van der Waals surface area (Å²) in [5.74, 6) is -1.05. The zero-order chi connectivity index (χ0) is 11.3. The van der Waals surface area contributed by atoms with Crippen LogP contribution in [-0.4, -0.2) is 16.0 Å². The molecule has 0 aromatic heterocycles. The number of carbonyl (C=O) groups is 1. The van der Waals surface area contributed by atoms with E-state index in [9.17, 15) is 14.9 Å². The Morgan fingerprint density at radius 3 is 2.87 bits per heavy atom. The van der Waals surface area contributed by atoms with E-state index >= 15 is 0 Å². The molecule has 1 N–H and O–H groups in total. The molecule has 0 aliphatic rings. The van der Waals surface area contributed by atoms with Gasteiger partial charge >= 0.3 is 5.97 Å². The molecule has 0 unspecified atom stereocenters. The molecule has 1 rings (SSSR count). The highest BCUT2D eigenvalue weighted by molar-refractivity contribution is 8.02. The van der Waals surface area contributed by atoms with Gasteiger partial charge < -0.3 is 5.11 Å². The van der Waals surface area contributed by atoms with Crippen molar-refractivity contribution in [2.45, 2.75) is 4.90 Å². The van der Waals surface area contributed by atoms with E-state index in [1.54, 1.807) is 12.1 Å². The molecule has 78 valence electrons. The van der Waals surface area contributed by atoms with Gasteiger partial charge in [-0.3, -0.25) is 10.1 Å². The first-order chi connectivity index (χ1) is 7.09. The van der Waals surface area contributed by atoms with Gasteiger partial charge in [0.25, 0.3) is 5.69 Å². The highest BCUT2D eigenvalue weighted by atomic mass is 32.2. The first-order valence-corrected chi connectivity index (χ1v) is 4.78. The molecule has 0 heterocycles. The Labute approximate surface area is 89.6 Å². The molecule has 1 aromatic carbocycles. The number of aliphatic carboxylic acids is 1. The number of nitro benzene ring substituents is 1. The van der Waals surface area contributed by atoms with E-state index in [4.69, 9.17) is 5.11 Å². The summed E-state index contributed by atoms with van der Waals surface area (Å²) in [5, 5.41) is 20.1. The van der Waals surface area contributed by atoms with E-state index in [0.717, 1.165) is 17.8 Å². The fraction of sp³-hybridized carbons (Fsp3) is 0. The molecule has 0 bridgehead atoms. The van der Waals surface area contributed by atoms with Gasteiger partial charge in [-0.15, -0.1) is 0 Å². The topological polar surface area (TPSA) is 80.4 Å². The molecular weight excluding hydrogens is 218 g/mol. The highest BCUT2D eigenvalue weighted by Crippen LogP contribution is 2.23. The molecule has 6 heteroatoms. The van der Waals surface area contributed by atoms with Crippen LogP contribution in [0.15, 0.2) is 40.6 Å². The number of hydrogen-bond donors (Lipinski definition) is 1. The lowest BCUT2D eigenvalue weighted by atomic mass is 10.3. The molecule has 5 nitrogen and oxygen atoms in total. The second-order valence-corrected chi connectivity index (χ2v) is 3.49. The maximum Gasteiger partial charge on any atom is 0.328 e. The summed E-state index contributed by atoms with van der Waals surface area (Å²) in [5.41, 5.74) is -0.0104. The van der Waals surface area contributed by atoms with Gasteiger partial charge in [0, 0.05) is 23.1 Å². The molecule has 0 radical (unpaired) electrons. The normalized spacial score (nSPS) is 10.4. The Bertz CT molecular complexity index is 416. The molecule has 0 saturated heterocycles. The Kier molecular flexibility index (Phi) is 3.87. The van der Waals surface area contributed by atoms with E-state index < -0.39 is 10.9 Å².